The number of nitrogens with one attached hydrogen (secondary N) is 1. The molecule has 1 aliphatic heterocycles. The maximum Gasteiger partial charge on any atom is 0.162 e. The summed E-state index contributed by atoms with van der Waals surface area (Å²) in [4.78, 5) is 19.0. The molecule has 0 aliphatic carbocycles. The number of rotatable bonds is 15. The normalized spacial score (nSPS) is 13.6. The lowest BCUT2D eigenvalue weighted by atomic mass is 10.0. The second kappa shape index (κ2) is 16.6. The number of aliphatic imine (C=N–C) groups is 2. The summed E-state index contributed by atoms with van der Waals surface area (Å²) in [5, 5.41) is 0. The monoisotopic (exact) mass is 679 g/mol. The minimum absolute atomic E-state index is 0.667. The van der Waals surface area contributed by atoms with Crippen molar-refractivity contribution in [3.8, 4) is 33.9 Å². The second-order valence-electron chi connectivity index (χ2n) is 12.7. The highest BCUT2D eigenvalue weighted by molar-refractivity contribution is 6.38. The average Bonchev–Trinajstić information content (AvgIpc) is 3.81. The van der Waals surface area contributed by atoms with Crippen molar-refractivity contribution in [1.29, 1.82) is 0 Å². The zero-order chi connectivity index (χ0) is 35.7. The number of methoxy groups -OCH3 is 2. The van der Waals surface area contributed by atoms with Crippen molar-refractivity contribution in [3.05, 3.63) is 131 Å². The predicted molar refractivity (Wildman–Crippen MR) is 213 cm³/mol. The van der Waals surface area contributed by atoms with Crippen LogP contribution in [-0.2, 0) is 13.1 Å². The van der Waals surface area contributed by atoms with Crippen molar-refractivity contribution >= 4 is 22.9 Å². The van der Waals surface area contributed by atoms with E-state index in [1.807, 2.05) is 36.4 Å². The fourth-order valence-electron chi connectivity index (χ4n) is 6.39. The van der Waals surface area contributed by atoms with Gasteiger partial charge >= 0.3 is 0 Å². The quantitative estimate of drug-likeness (QED) is 0.120. The van der Waals surface area contributed by atoms with Gasteiger partial charge in [-0.1, -0.05) is 76.2 Å². The molecular weight excluding hydrogens is 631 g/mol. The molecule has 0 unspecified atom stereocenters. The standard InChI is InChI=1S/C44H49N5O2/c1-7-48(8-2)29-31-11-15-33(16-12-31)39-27-41(35-19-23-37(50-5)24-20-35)45-43(39)47-44-40(28-42(46-44)36-21-25-38(51-6)26-22-36)34-17-13-32(14-18-34)30-49(9-3)10-4/h11-28,45H,7-10,29-30H2,1-6H3. The van der Waals surface area contributed by atoms with Gasteiger partial charge in [0.1, 0.15) is 17.3 Å². The molecule has 0 saturated heterocycles. The SMILES string of the molecule is CCN(CC)Cc1ccc(C2=CC(c3ccc(OC)cc3)=NC2=Nc2[nH]c(-c3ccc(OC)cc3)cc2-c2ccc(CN(CC)CC)cc2)cc1. The van der Waals surface area contributed by atoms with Crippen LogP contribution in [0.2, 0.25) is 0 Å². The molecule has 0 bridgehead atoms. The first-order valence-electron chi connectivity index (χ1n) is 18.0. The first-order chi connectivity index (χ1) is 24.9. The van der Waals surface area contributed by atoms with Gasteiger partial charge in [-0.25, -0.2) is 9.98 Å². The number of aromatic amines is 1. The second-order valence-corrected chi connectivity index (χ2v) is 12.7. The summed E-state index contributed by atoms with van der Waals surface area (Å²) >= 11 is 0. The number of hydrogen-bond acceptors (Lipinski definition) is 5. The summed E-state index contributed by atoms with van der Waals surface area (Å²) < 4.78 is 10.9. The van der Waals surface area contributed by atoms with Gasteiger partial charge in [-0.05, 0) is 115 Å². The van der Waals surface area contributed by atoms with Gasteiger partial charge in [0, 0.05) is 35.5 Å². The van der Waals surface area contributed by atoms with Gasteiger partial charge in [0.25, 0.3) is 0 Å². The molecular formula is C44H49N5O2. The molecule has 7 nitrogen and oxygen atoms in total. The molecule has 0 atom stereocenters. The number of ether oxygens (including phenoxy) is 2. The van der Waals surface area contributed by atoms with Gasteiger partial charge in [0.2, 0.25) is 0 Å². The molecule has 5 aromatic rings. The number of nitrogens with zero attached hydrogens (tertiary/aromatic N) is 4. The van der Waals surface area contributed by atoms with E-state index in [9.17, 15) is 0 Å². The van der Waals surface area contributed by atoms with Crippen LogP contribution in [0.4, 0.5) is 5.82 Å². The molecule has 6 rings (SSSR count). The Bertz CT molecular complexity index is 1980. The lowest BCUT2D eigenvalue weighted by Crippen LogP contribution is -2.22. The molecule has 2 heterocycles. The third kappa shape index (κ3) is 8.39. The number of aromatic nitrogens is 1. The van der Waals surface area contributed by atoms with Crippen molar-refractivity contribution in [2.24, 2.45) is 9.98 Å². The van der Waals surface area contributed by atoms with Gasteiger partial charge in [-0.2, -0.15) is 0 Å². The lowest BCUT2D eigenvalue weighted by molar-refractivity contribution is 0.296. The summed E-state index contributed by atoms with van der Waals surface area (Å²) in [6.07, 6.45) is 2.15. The molecule has 0 fully saturated rings. The molecule has 262 valence electrons. The van der Waals surface area contributed by atoms with E-state index in [2.05, 4.69) is 115 Å². The van der Waals surface area contributed by atoms with Crippen LogP contribution in [0.25, 0.3) is 28.0 Å². The number of allylic oxidation sites excluding steroid dienone is 1. The summed E-state index contributed by atoms with van der Waals surface area (Å²) in [6, 6.07) is 36.0. The van der Waals surface area contributed by atoms with Crippen molar-refractivity contribution in [3.63, 3.8) is 0 Å². The molecule has 1 aromatic heterocycles. The molecule has 7 heteroatoms. The Kier molecular flexibility index (Phi) is 11.6. The zero-order valence-corrected chi connectivity index (χ0v) is 30.7. The summed E-state index contributed by atoms with van der Waals surface area (Å²) in [7, 11) is 3.37. The fourth-order valence-corrected chi connectivity index (χ4v) is 6.39. The minimum atomic E-state index is 0.667. The Labute approximate surface area is 303 Å². The lowest BCUT2D eigenvalue weighted by Gasteiger charge is -2.18. The third-order valence-electron chi connectivity index (χ3n) is 9.68. The molecule has 1 N–H and O–H groups in total. The van der Waals surface area contributed by atoms with Crippen LogP contribution in [0.1, 0.15) is 49.9 Å². The van der Waals surface area contributed by atoms with Crippen LogP contribution >= 0.6 is 0 Å². The van der Waals surface area contributed by atoms with Crippen molar-refractivity contribution in [2.45, 2.75) is 40.8 Å². The molecule has 4 aromatic carbocycles. The molecule has 0 saturated carbocycles. The van der Waals surface area contributed by atoms with E-state index in [1.54, 1.807) is 14.2 Å². The molecule has 0 amide bonds. The summed E-state index contributed by atoms with van der Waals surface area (Å²) in [5.41, 5.74) is 10.6. The molecule has 1 aliphatic rings. The highest BCUT2D eigenvalue weighted by Crippen LogP contribution is 2.37. The van der Waals surface area contributed by atoms with Crippen LogP contribution in [0.15, 0.2) is 119 Å². The number of H-pyrrole nitrogens is 1. The number of amidine groups is 1. The van der Waals surface area contributed by atoms with Gasteiger partial charge < -0.3 is 14.5 Å². The van der Waals surface area contributed by atoms with E-state index in [4.69, 9.17) is 19.5 Å². The minimum Gasteiger partial charge on any atom is -0.497 e. The highest BCUT2D eigenvalue weighted by Gasteiger charge is 2.21. The highest BCUT2D eigenvalue weighted by atomic mass is 16.5. The third-order valence-corrected chi connectivity index (χ3v) is 9.68. The van der Waals surface area contributed by atoms with E-state index < -0.39 is 0 Å². The number of hydrogen-bond donors (Lipinski definition) is 1. The largest absolute Gasteiger partial charge is 0.497 e. The first-order valence-corrected chi connectivity index (χ1v) is 18.0. The maximum absolute atomic E-state index is 5.43. The zero-order valence-electron chi connectivity index (χ0n) is 30.7. The van der Waals surface area contributed by atoms with Crippen LogP contribution in [0.5, 0.6) is 11.5 Å². The van der Waals surface area contributed by atoms with Crippen LogP contribution in [0, 0.1) is 0 Å². The Hall–Kier alpha value is -5.24. The Morgan fingerprint density at radius 1 is 0.588 bits per heavy atom. The van der Waals surface area contributed by atoms with Crippen molar-refractivity contribution in [2.75, 3.05) is 40.4 Å². The first kappa shape index (κ1) is 35.6. The van der Waals surface area contributed by atoms with E-state index in [0.29, 0.717) is 5.84 Å². The number of benzene rings is 4. The Morgan fingerprint density at radius 3 is 1.55 bits per heavy atom. The average molecular weight is 680 g/mol. The topological polar surface area (TPSA) is 65.4 Å². The fraction of sp³-hybridized carbons (Fsp3) is 0.273. The van der Waals surface area contributed by atoms with E-state index in [0.717, 1.165) is 101 Å². The Morgan fingerprint density at radius 2 is 1.06 bits per heavy atom. The van der Waals surface area contributed by atoms with E-state index >= 15 is 0 Å². The smallest absolute Gasteiger partial charge is 0.162 e. The van der Waals surface area contributed by atoms with Crippen molar-refractivity contribution < 1.29 is 9.47 Å². The van der Waals surface area contributed by atoms with Crippen LogP contribution < -0.4 is 9.47 Å². The van der Waals surface area contributed by atoms with Gasteiger partial charge in [0.15, 0.2) is 5.84 Å². The van der Waals surface area contributed by atoms with Crippen molar-refractivity contribution in [1.82, 2.24) is 14.8 Å². The molecule has 51 heavy (non-hydrogen) atoms. The van der Waals surface area contributed by atoms with Gasteiger partial charge in [-0.3, -0.25) is 9.80 Å². The molecule has 0 spiro atoms. The molecule has 0 radical (unpaired) electrons. The summed E-state index contributed by atoms with van der Waals surface area (Å²) in [6.45, 7) is 14.8. The van der Waals surface area contributed by atoms with E-state index in [1.165, 1.54) is 11.1 Å². The van der Waals surface area contributed by atoms with Crippen LogP contribution in [-0.4, -0.2) is 66.7 Å². The maximum atomic E-state index is 5.43. The Balaban J connectivity index is 1.44. The predicted octanol–water partition coefficient (Wildman–Crippen LogP) is 9.67. The van der Waals surface area contributed by atoms with Gasteiger partial charge in [-0.15, -0.1) is 0 Å². The van der Waals surface area contributed by atoms with E-state index in [-0.39, 0.29) is 0 Å². The van der Waals surface area contributed by atoms with Crippen LogP contribution in [0.3, 0.4) is 0 Å². The summed E-state index contributed by atoms with van der Waals surface area (Å²) in [5.74, 6) is 3.06. The van der Waals surface area contributed by atoms with Gasteiger partial charge in [0.05, 0.1) is 19.9 Å².